The predicted octanol–water partition coefficient (Wildman–Crippen LogP) is 3.39. The number of benzene rings is 1. The first-order chi connectivity index (χ1) is 12.5. The van der Waals surface area contributed by atoms with E-state index in [4.69, 9.17) is 4.74 Å². The van der Waals surface area contributed by atoms with Crippen LogP contribution in [0.3, 0.4) is 0 Å². The second kappa shape index (κ2) is 7.94. The molecular weight excluding hydrogens is 370 g/mol. The van der Waals surface area contributed by atoms with Gasteiger partial charge in [0.25, 0.3) is 0 Å². The van der Waals surface area contributed by atoms with Crippen molar-refractivity contribution in [2.75, 3.05) is 6.61 Å². The zero-order valence-corrected chi connectivity index (χ0v) is 16.1. The maximum Gasteiger partial charge on any atom is 0.240 e. The molecule has 1 aromatic carbocycles. The Morgan fingerprint density at radius 1 is 1.19 bits per heavy atom. The van der Waals surface area contributed by atoms with E-state index in [9.17, 15) is 8.42 Å². The number of aryl methyl sites for hydroxylation is 1. The minimum Gasteiger partial charge on any atom is -0.494 e. The number of rotatable bonds is 7. The van der Waals surface area contributed by atoms with Gasteiger partial charge >= 0.3 is 0 Å². The van der Waals surface area contributed by atoms with Crippen molar-refractivity contribution in [3.05, 3.63) is 59.4 Å². The standard InChI is InChI=1S/C18H19N3O3S2/c1-3-24-15-6-8-16(9-7-15)26(22,23)20-12-17-13(2)21-18(25-17)14-5-4-10-19-11-14/h4-11,20H,3,12H2,1-2H3. The van der Waals surface area contributed by atoms with Crippen molar-refractivity contribution in [3.8, 4) is 16.3 Å². The van der Waals surface area contributed by atoms with Crippen LogP contribution in [0.4, 0.5) is 0 Å². The molecule has 6 nitrogen and oxygen atoms in total. The molecule has 0 aliphatic rings. The lowest BCUT2D eigenvalue weighted by Gasteiger charge is -2.07. The first-order valence-corrected chi connectivity index (χ1v) is 10.4. The van der Waals surface area contributed by atoms with Gasteiger partial charge in [0.1, 0.15) is 10.8 Å². The maximum absolute atomic E-state index is 12.5. The van der Waals surface area contributed by atoms with E-state index in [2.05, 4.69) is 14.7 Å². The Hall–Kier alpha value is -2.29. The highest BCUT2D eigenvalue weighted by atomic mass is 32.2. The van der Waals surface area contributed by atoms with Crippen molar-refractivity contribution in [1.82, 2.24) is 14.7 Å². The molecule has 0 aliphatic heterocycles. The molecule has 26 heavy (non-hydrogen) atoms. The maximum atomic E-state index is 12.5. The topological polar surface area (TPSA) is 81.2 Å². The van der Waals surface area contributed by atoms with E-state index in [1.165, 1.54) is 23.5 Å². The predicted molar refractivity (Wildman–Crippen MR) is 102 cm³/mol. The molecule has 2 heterocycles. The summed E-state index contributed by atoms with van der Waals surface area (Å²) < 4.78 is 32.9. The molecule has 0 saturated carbocycles. The number of thiazole rings is 1. The van der Waals surface area contributed by atoms with Crippen molar-refractivity contribution >= 4 is 21.4 Å². The highest BCUT2D eigenvalue weighted by molar-refractivity contribution is 7.89. The zero-order valence-electron chi connectivity index (χ0n) is 14.5. The minimum absolute atomic E-state index is 0.194. The van der Waals surface area contributed by atoms with E-state index < -0.39 is 10.0 Å². The van der Waals surface area contributed by atoms with Gasteiger partial charge in [-0.1, -0.05) is 0 Å². The molecule has 0 spiro atoms. The molecular formula is C18H19N3O3S2. The van der Waals surface area contributed by atoms with Crippen molar-refractivity contribution in [2.45, 2.75) is 25.3 Å². The molecule has 0 aliphatic carbocycles. The van der Waals surface area contributed by atoms with Gasteiger partial charge in [-0.15, -0.1) is 11.3 Å². The van der Waals surface area contributed by atoms with Gasteiger partial charge in [-0.05, 0) is 50.2 Å². The van der Waals surface area contributed by atoms with Crippen LogP contribution in [0.25, 0.3) is 10.6 Å². The summed E-state index contributed by atoms with van der Waals surface area (Å²) in [6, 6.07) is 10.1. The highest BCUT2D eigenvalue weighted by Gasteiger charge is 2.16. The van der Waals surface area contributed by atoms with Crippen molar-refractivity contribution in [1.29, 1.82) is 0 Å². The zero-order chi connectivity index (χ0) is 18.6. The van der Waals surface area contributed by atoms with E-state index in [1.54, 1.807) is 24.5 Å². The molecule has 3 rings (SSSR count). The smallest absolute Gasteiger partial charge is 0.240 e. The number of nitrogens with zero attached hydrogens (tertiary/aromatic N) is 2. The Labute approximate surface area is 157 Å². The van der Waals surface area contributed by atoms with Gasteiger partial charge < -0.3 is 4.74 Å². The number of hydrogen-bond acceptors (Lipinski definition) is 6. The van der Waals surface area contributed by atoms with Crippen LogP contribution >= 0.6 is 11.3 Å². The van der Waals surface area contributed by atoms with Gasteiger partial charge in [0.15, 0.2) is 0 Å². The van der Waals surface area contributed by atoms with Gasteiger partial charge in [-0.3, -0.25) is 4.98 Å². The van der Waals surface area contributed by atoms with Crippen LogP contribution in [0.2, 0.25) is 0 Å². The van der Waals surface area contributed by atoms with Crippen LogP contribution in [-0.4, -0.2) is 25.0 Å². The number of hydrogen-bond donors (Lipinski definition) is 1. The third kappa shape index (κ3) is 4.27. The molecule has 8 heteroatoms. The minimum atomic E-state index is -3.60. The highest BCUT2D eigenvalue weighted by Crippen LogP contribution is 2.27. The van der Waals surface area contributed by atoms with Crippen LogP contribution in [0.15, 0.2) is 53.7 Å². The largest absolute Gasteiger partial charge is 0.494 e. The average molecular weight is 390 g/mol. The lowest BCUT2D eigenvalue weighted by molar-refractivity contribution is 0.340. The molecule has 0 unspecified atom stereocenters. The van der Waals surface area contributed by atoms with Crippen LogP contribution in [0.5, 0.6) is 5.75 Å². The van der Waals surface area contributed by atoms with E-state index >= 15 is 0 Å². The summed E-state index contributed by atoms with van der Waals surface area (Å²) in [6.07, 6.45) is 3.45. The van der Waals surface area contributed by atoms with Crippen LogP contribution in [0.1, 0.15) is 17.5 Å². The third-order valence-corrected chi connectivity index (χ3v) is 6.29. The number of nitrogens with one attached hydrogen (secondary N) is 1. The average Bonchev–Trinajstić information content (AvgIpc) is 3.02. The van der Waals surface area contributed by atoms with Gasteiger partial charge in [0.2, 0.25) is 10.0 Å². The summed E-state index contributed by atoms with van der Waals surface area (Å²) in [5.74, 6) is 0.644. The first-order valence-electron chi connectivity index (χ1n) is 8.09. The van der Waals surface area contributed by atoms with Crippen LogP contribution in [-0.2, 0) is 16.6 Å². The first kappa shape index (κ1) is 18.5. The monoisotopic (exact) mass is 389 g/mol. The molecule has 2 aromatic heterocycles. The number of aromatic nitrogens is 2. The van der Waals surface area contributed by atoms with E-state index in [1.807, 2.05) is 26.0 Å². The fraction of sp³-hybridized carbons (Fsp3) is 0.222. The van der Waals surface area contributed by atoms with E-state index in [0.29, 0.717) is 12.4 Å². The molecule has 0 fully saturated rings. The molecule has 136 valence electrons. The molecule has 1 N–H and O–H groups in total. The second-order valence-corrected chi connectivity index (χ2v) is 8.35. The van der Waals surface area contributed by atoms with Crippen molar-refractivity contribution < 1.29 is 13.2 Å². The van der Waals surface area contributed by atoms with Gasteiger partial charge in [0.05, 0.1) is 17.2 Å². The Bertz CT molecular complexity index is 969. The molecule has 0 atom stereocenters. The SMILES string of the molecule is CCOc1ccc(S(=O)(=O)NCc2sc(-c3cccnc3)nc2C)cc1. The van der Waals surface area contributed by atoms with E-state index in [-0.39, 0.29) is 11.4 Å². The summed E-state index contributed by atoms with van der Waals surface area (Å²) in [6.45, 7) is 4.48. The summed E-state index contributed by atoms with van der Waals surface area (Å²) in [5, 5.41) is 0.825. The van der Waals surface area contributed by atoms with Crippen molar-refractivity contribution in [3.63, 3.8) is 0 Å². The lowest BCUT2D eigenvalue weighted by atomic mass is 10.3. The summed E-state index contributed by atoms with van der Waals surface area (Å²) in [5.41, 5.74) is 1.73. The van der Waals surface area contributed by atoms with Gasteiger partial charge in [-0.25, -0.2) is 18.1 Å². The second-order valence-electron chi connectivity index (χ2n) is 5.50. The fourth-order valence-electron chi connectivity index (χ4n) is 2.33. The molecule has 0 radical (unpaired) electrons. The molecule has 3 aromatic rings. The Morgan fingerprint density at radius 2 is 1.96 bits per heavy atom. The Balaban J connectivity index is 1.73. The Kier molecular flexibility index (Phi) is 5.65. The lowest BCUT2D eigenvalue weighted by Crippen LogP contribution is -2.23. The summed E-state index contributed by atoms with van der Waals surface area (Å²) in [4.78, 5) is 9.68. The van der Waals surface area contributed by atoms with Crippen LogP contribution < -0.4 is 9.46 Å². The van der Waals surface area contributed by atoms with E-state index in [0.717, 1.165) is 21.1 Å². The Morgan fingerprint density at radius 3 is 2.62 bits per heavy atom. The molecule has 0 saturated heterocycles. The summed E-state index contributed by atoms with van der Waals surface area (Å²) in [7, 11) is -3.60. The van der Waals surface area contributed by atoms with Gasteiger partial charge in [-0.2, -0.15) is 0 Å². The van der Waals surface area contributed by atoms with Crippen LogP contribution in [0, 0.1) is 6.92 Å². The normalized spacial score (nSPS) is 11.5. The molecule has 0 bridgehead atoms. The van der Waals surface area contributed by atoms with Crippen molar-refractivity contribution in [2.24, 2.45) is 0 Å². The summed E-state index contributed by atoms with van der Waals surface area (Å²) >= 11 is 1.46. The van der Waals surface area contributed by atoms with Gasteiger partial charge in [0, 0.05) is 29.4 Å². The number of ether oxygens (including phenoxy) is 1. The number of pyridine rings is 1. The third-order valence-electron chi connectivity index (χ3n) is 3.67. The quantitative estimate of drug-likeness (QED) is 0.670. The fourth-order valence-corrected chi connectivity index (χ4v) is 4.41. The number of sulfonamides is 1. The molecule has 0 amide bonds.